The summed E-state index contributed by atoms with van der Waals surface area (Å²) in [5, 5.41) is 11.7. The quantitative estimate of drug-likeness (QED) is 0.415. The second kappa shape index (κ2) is 10.5. The highest BCUT2D eigenvalue weighted by atomic mass is 79.9. The molecule has 0 saturated heterocycles. The smallest absolute Gasteiger partial charge is 0.278 e. The summed E-state index contributed by atoms with van der Waals surface area (Å²) in [6.45, 7) is 1.81. The molecule has 160 valence electrons. The highest BCUT2D eigenvalue weighted by molar-refractivity contribution is 9.10. The molecule has 0 aliphatic carbocycles. The molecule has 0 atom stereocenters. The Labute approximate surface area is 174 Å². The van der Waals surface area contributed by atoms with Crippen LogP contribution < -0.4 is 16.4 Å². The summed E-state index contributed by atoms with van der Waals surface area (Å²) in [7, 11) is 0. The number of amides is 1. The number of hydroxylamine groups is 1. The Hall–Kier alpha value is -2.31. The molecule has 29 heavy (non-hydrogen) atoms. The highest BCUT2D eigenvalue weighted by Gasteiger charge is 2.27. The number of hydrogen-bond acceptors (Lipinski definition) is 5. The van der Waals surface area contributed by atoms with Gasteiger partial charge >= 0.3 is 0 Å². The summed E-state index contributed by atoms with van der Waals surface area (Å²) < 4.78 is 16.4. The van der Waals surface area contributed by atoms with Crippen LogP contribution in [0, 0.1) is 12.7 Å². The first-order valence-corrected chi connectivity index (χ1v) is 9.24. The van der Waals surface area contributed by atoms with Crippen molar-refractivity contribution in [1.82, 2.24) is 10.0 Å². The predicted molar refractivity (Wildman–Crippen MR) is 109 cm³/mol. The number of fused-ring (bicyclic) bond motifs is 1. The molecule has 3 rings (SSSR count). The lowest BCUT2D eigenvalue weighted by molar-refractivity contribution is 0.0168. The van der Waals surface area contributed by atoms with E-state index in [1.165, 1.54) is 12.1 Å². The summed E-state index contributed by atoms with van der Waals surface area (Å²) in [4.78, 5) is 30.3. The summed E-state index contributed by atoms with van der Waals surface area (Å²) in [5.74, 6) is -1.08. The average Bonchev–Trinajstić information content (AvgIpc) is 3.11. The van der Waals surface area contributed by atoms with Crippen LogP contribution in [0.3, 0.4) is 0 Å². The Morgan fingerprint density at radius 1 is 1.38 bits per heavy atom. The average molecular weight is 476 g/mol. The molecule has 2 aromatic rings. The minimum Gasteiger partial charge on any atom is -0.412 e. The Kier molecular flexibility index (Phi) is 8.92. The lowest BCUT2D eigenvalue weighted by Crippen LogP contribution is -2.32. The number of carbonyl (C=O) groups is 1. The minimum atomic E-state index is -0.558. The molecule has 0 fully saturated rings. The van der Waals surface area contributed by atoms with Crippen molar-refractivity contribution in [3.8, 4) is 0 Å². The number of benzene rings is 1. The van der Waals surface area contributed by atoms with Gasteiger partial charge in [0.1, 0.15) is 5.82 Å². The molecule has 2 heterocycles. The number of nitrogens with zero attached hydrogens (tertiary/aromatic N) is 1. The van der Waals surface area contributed by atoms with Gasteiger partial charge in [0.05, 0.1) is 30.2 Å². The molecule has 0 radical (unpaired) electrons. The number of nitrogens with one attached hydrogen (secondary N) is 2. The van der Waals surface area contributed by atoms with E-state index in [0.717, 1.165) is 6.42 Å². The van der Waals surface area contributed by atoms with Gasteiger partial charge in [0.25, 0.3) is 11.5 Å². The zero-order valence-electron chi connectivity index (χ0n) is 15.6. The molecule has 1 aromatic heterocycles. The zero-order chi connectivity index (χ0) is 19.6. The van der Waals surface area contributed by atoms with Crippen molar-refractivity contribution < 1.29 is 30.1 Å². The third-order valence-electron chi connectivity index (χ3n) is 4.38. The van der Waals surface area contributed by atoms with E-state index in [0.29, 0.717) is 28.7 Å². The summed E-state index contributed by atoms with van der Waals surface area (Å²) >= 11 is 3.20. The topological polar surface area (TPSA) is 156 Å². The predicted octanol–water partition coefficient (Wildman–Crippen LogP) is 0.752. The Bertz CT molecular complexity index is 950. The van der Waals surface area contributed by atoms with Crippen LogP contribution in [0.4, 0.5) is 15.8 Å². The first-order valence-electron chi connectivity index (χ1n) is 8.45. The van der Waals surface area contributed by atoms with Crippen molar-refractivity contribution in [3.63, 3.8) is 0 Å². The lowest BCUT2D eigenvalue weighted by Gasteiger charge is -2.19. The van der Waals surface area contributed by atoms with Crippen molar-refractivity contribution in [2.45, 2.75) is 26.3 Å². The molecular weight excluding hydrogens is 453 g/mol. The van der Waals surface area contributed by atoms with Gasteiger partial charge in [-0.1, -0.05) is 15.9 Å². The number of aromatic nitrogens is 1. The number of aliphatic hydroxyl groups excluding tert-OH is 1. The molecule has 1 aromatic carbocycles. The molecule has 1 aliphatic rings. The fourth-order valence-electron chi connectivity index (χ4n) is 3.14. The zero-order valence-corrected chi connectivity index (χ0v) is 17.2. The highest BCUT2D eigenvalue weighted by Crippen LogP contribution is 2.31. The molecule has 1 aliphatic heterocycles. The van der Waals surface area contributed by atoms with Gasteiger partial charge in [-0.25, -0.2) is 9.87 Å². The van der Waals surface area contributed by atoms with E-state index >= 15 is 0 Å². The van der Waals surface area contributed by atoms with Crippen LogP contribution in [0.2, 0.25) is 0 Å². The van der Waals surface area contributed by atoms with Gasteiger partial charge in [0.2, 0.25) is 0 Å². The normalized spacial score (nSPS) is 11.9. The largest absolute Gasteiger partial charge is 0.412 e. The van der Waals surface area contributed by atoms with E-state index in [4.69, 9.17) is 9.94 Å². The molecule has 0 unspecified atom stereocenters. The molecule has 1 amide bonds. The van der Waals surface area contributed by atoms with E-state index in [1.807, 2.05) is 0 Å². The van der Waals surface area contributed by atoms with Gasteiger partial charge in [-0.05, 0) is 38.0 Å². The second-order valence-electron chi connectivity index (χ2n) is 6.13. The van der Waals surface area contributed by atoms with E-state index in [9.17, 15) is 14.0 Å². The van der Waals surface area contributed by atoms with Crippen molar-refractivity contribution in [2.75, 3.05) is 18.5 Å². The van der Waals surface area contributed by atoms with Crippen LogP contribution in [-0.2, 0) is 17.8 Å². The standard InChI is InChI=1S/C18H19BrFN3O4.2H2O/c1-10-16(21-13-5-4-11(19)9-12(13)20)15(17(25)22-27-8-7-24)14-3-2-6-23(14)18(10)26;;/h4-5,9,21,24H,2-3,6-8H2,1H3,(H,22,25);2*1H2. The SMILES string of the molecule is Cc1c(Nc2ccc(Br)cc2F)c(C(=O)NOCCO)c2n(c1=O)CCC2.O.O. The monoisotopic (exact) mass is 475 g/mol. The van der Waals surface area contributed by atoms with Gasteiger partial charge in [0, 0.05) is 22.3 Å². The van der Waals surface area contributed by atoms with Crippen molar-refractivity contribution in [2.24, 2.45) is 0 Å². The number of anilines is 2. The van der Waals surface area contributed by atoms with Crippen molar-refractivity contribution >= 4 is 33.2 Å². The Morgan fingerprint density at radius 2 is 2.10 bits per heavy atom. The van der Waals surface area contributed by atoms with Crippen LogP contribution in [-0.4, -0.2) is 39.7 Å². The van der Waals surface area contributed by atoms with Crippen LogP contribution in [0.25, 0.3) is 0 Å². The maximum atomic E-state index is 14.3. The van der Waals surface area contributed by atoms with Gasteiger partial charge < -0.3 is 25.9 Å². The van der Waals surface area contributed by atoms with E-state index in [2.05, 4.69) is 26.7 Å². The lowest BCUT2D eigenvalue weighted by atomic mass is 10.0. The van der Waals surface area contributed by atoms with E-state index in [-0.39, 0.29) is 46.7 Å². The molecule has 7 N–H and O–H groups in total. The Morgan fingerprint density at radius 3 is 2.76 bits per heavy atom. The van der Waals surface area contributed by atoms with Crippen molar-refractivity contribution in [1.29, 1.82) is 0 Å². The molecule has 0 saturated carbocycles. The molecule has 9 nitrogen and oxygen atoms in total. The number of pyridine rings is 1. The minimum absolute atomic E-state index is 0. The molecule has 11 heteroatoms. The third-order valence-corrected chi connectivity index (χ3v) is 4.87. The number of rotatable bonds is 6. The molecular formula is C18H23BrFN3O6. The third kappa shape index (κ3) is 5.00. The first kappa shape index (κ1) is 24.7. The number of hydrogen-bond donors (Lipinski definition) is 3. The van der Waals surface area contributed by atoms with Gasteiger partial charge in [0.15, 0.2) is 0 Å². The van der Waals surface area contributed by atoms with E-state index in [1.54, 1.807) is 17.6 Å². The number of halogens is 2. The molecule has 0 bridgehead atoms. The van der Waals surface area contributed by atoms with Gasteiger partial charge in [-0.2, -0.15) is 0 Å². The van der Waals surface area contributed by atoms with E-state index < -0.39 is 11.7 Å². The number of carbonyl (C=O) groups excluding carboxylic acids is 1. The van der Waals surface area contributed by atoms with Crippen LogP contribution >= 0.6 is 15.9 Å². The second-order valence-corrected chi connectivity index (χ2v) is 7.05. The summed E-state index contributed by atoms with van der Waals surface area (Å²) in [6.07, 6.45) is 1.29. The first-order chi connectivity index (χ1) is 12.9. The fraction of sp³-hybridized carbons (Fsp3) is 0.333. The summed E-state index contributed by atoms with van der Waals surface area (Å²) in [6, 6.07) is 4.47. The summed E-state index contributed by atoms with van der Waals surface area (Å²) in [5.41, 5.74) is 3.59. The maximum Gasteiger partial charge on any atom is 0.278 e. The Balaban J connectivity index is 0.00000210. The van der Waals surface area contributed by atoms with Gasteiger partial charge in [-0.3, -0.25) is 14.4 Å². The van der Waals surface area contributed by atoms with Crippen LogP contribution in [0.5, 0.6) is 0 Å². The van der Waals surface area contributed by atoms with Crippen LogP contribution in [0.15, 0.2) is 27.5 Å². The fourth-order valence-corrected chi connectivity index (χ4v) is 3.47. The maximum absolute atomic E-state index is 14.3. The van der Waals surface area contributed by atoms with Gasteiger partial charge in [-0.15, -0.1) is 0 Å². The number of aliphatic hydroxyl groups is 1. The molecule has 0 spiro atoms. The van der Waals surface area contributed by atoms with Crippen molar-refractivity contribution in [3.05, 3.63) is 55.7 Å². The van der Waals surface area contributed by atoms with Crippen LogP contribution in [0.1, 0.15) is 28.0 Å².